The van der Waals surface area contributed by atoms with Crippen molar-refractivity contribution in [3.8, 4) is 0 Å². The molecular formula is C24H25NOS2. The normalized spacial score (nSPS) is 10.6. The van der Waals surface area contributed by atoms with Crippen LogP contribution in [0.25, 0.3) is 0 Å². The lowest BCUT2D eigenvalue weighted by molar-refractivity contribution is 0.0953. The highest BCUT2D eigenvalue weighted by atomic mass is 32.2. The van der Waals surface area contributed by atoms with Gasteiger partial charge in [-0.05, 0) is 35.7 Å². The van der Waals surface area contributed by atoms with E-state index in [4.69, 9.17) is 0 Å². The number of hydrogen-bond acceptors (Lipinski definition) is 3. The molecule has 0 aromatic heterocycles. The zero-order valence-electron chi connectivity index (χ0n) is 16.1. The zero-order valence-corrected chi connectivity index (χ0v) is 17.7. The minimum atomic E-state index is 0.00709. The summed E-state index contributed by atoms with van der Waals surface area (Å²) in [6.07, 6.45) is 0. The van der Waals surface area contributed by atoms with E-state index in [0.717, 1.165) is 27.7 Å². The summed E-state index contributed by atoms with van der Waals surface area (Å²) < 4.78 is 0. The maximum absolute atomic E-state index is 12.6. The van der Waals surface area contributed by atoms with Crippen molar-refractivity contribution in [2.45, 2.75) is 23.3 Å². The van der Waals surface area contributed by atoms with Crippen molar-refractivity contribution in [3.05, 3.63) is 101 Å². The predicted octanol–water partition coefficient (Wildman–Crippen LogP) is 5.95. The first-order chi connectivity index (χ1) is 13.7. The molecule has 1 amide bonds. The third kappa shape index (κ3) is 6.18. The average molecular weight is 408 g/mol. The Balaban J connectivity index is 1.47. The summed E-state index contributed by atoms with van der Waals surface area (Å²) in [5, 5.41) is 3.07. The molecule has 0 bridgehead atoms. The minimum absolute atomic E-state index is 0.00709. The summed E-state index contributed by atoms with van der Waals surface area (Å²) in [7, 11) is 0. The molecule has 3 aromatic rings. The highest BCUT2D eigenvalue weighted by molar-refractivity contribution is 7.98. The molecule has 0 spiro atoms. The topological polar surface area (TPSA) is 29.1 Å². The Labute approximate surface area is 176 Å². The van der Waals surface area contributed by atoms with Gasteiger partial charge in [0, 0.05) is 28.7 Å². The van der Waals surface area contributed by atoms with Crippen LogP contribution in [0.5, 0.6) is 0 Å². The molecule has 0 radical (unpaired) electrons. The summed E-state index contributed by atoms with van der Waals surface area (Å²) >= 11 is 3.55. The van der Waals surface area contributed by atoms with Gasteiger partial charge in [-0.25, -0.2) is 0 Å². The van der Waals surface area contributed by atoms with Gasteiger partial charge in [-0.2, -0.15) is 11.8 Å². The van der Waals surface area contributed by atoms with Crippen molar-refractivity contribution in [3.63, 3.8) is 0 Å². The molecule has 3 aromatic carbocycles. The number of hydrogen-bond donors (Lipinski definition) is 1. The fourth-order valence-corrected chi connectivity index (χ4v) is 4.74. The number of carbonyl (C=O) groups is 1. The molecule has 0 aliphatic carbocycles. The molecule has 28 heavy (non-hydrogen) atoms. The van der Waals surface area contributed by atoms with Gasteiger partial charge in [-0.15, -0.1) is 11.8 Å². The number of nitrogens with one attached hydrogen (secondary N) is 1. The van der Waals surface area contributed by atoms with Crippen LogP contribution in [0.4, 0.5) is 0 Å². The van der Waals surface area contributed by atoms with Gasteiger partial charge in [-0.1, -0.05) is 66.7 Å². The Morgan fingerprint density at radius 3 is 2.39 bits per heavy atom. The van der Waals surface area contributed by atoms with E-state index in [9.17, 15) is 4.79 Å². The third-order valence-corrected chi connectivity index (χ3v) is 6.57. The van der Waals surface area contributed by atoms with E-state index in [2.05, 4.69) is 48.6 Å². The van der Waals surface area contributed by atoms with Crippen LogP contribution < -0.4 is 5.32 Å². The third-order valence-electron chi connectivity index (χ3n) is 4.42. The molecule has 0 aliphatic heterocycles. The Bertz CT molecular complexity index is 896. The maximum Gasteiger partial charge on any atom is 0.252 e. The van der Waals surface area contributed by atoms with Gasteiger partial charge in [0.25, 0.3) is 5.91 Å². The first-order valence-electron chi connectivity index (χ1n) is 9.40. The molecule has 0 heterocycles. The molecule has 3 rings (SSSR count). The van der Waals surface area contributed by atoms with Crippen molar-refractivity contribution in [2.24, 2.45) is 0 Å². The first-order valence-corrected chi connectivity index (χ1v) is 11.5. The van der Waals surface area contributed by atoms with Crippen molar-refractivity contribution in [1.29, 1.82) is 0 Å². The Kier molecular flexibility index (Phi) is 8.07. The number of thioether (sulfide) groups is 2. The van der Waals surface area contributed by atoms with Crippen LogP contribution in [0.15, 0.2) is 83.8 Å². The lowest BCUT2D eigenvalue weighted by atomic mass is 10.1. The number of benzene rings is 3. The van der Waals surface area contributed by atoms with Gasteiger partial charge < -0.3 is 5.32 Å². The Morgan fingerprint density at radius 2 is 1.57 bits per heavy atom. The van der Waals surface area contributed by atoms with E-state index in [1.54, 1.807) is 11.8 Å². The first kappa shape index (κ1) is 20.6. The van der Waals surface area contributed by atoms with Gasteiger partial charge in [0.15, 0.2) is 0 Å². The second-order valence-electron chi connectivity index (χ2n) is 6.51. The van der Waals surface area contributed by atoms with Crippen LogP contribution in [0.3, 0.4) is 0 Å². The van der Waals surface area contributed by atoms with E-state index in [-0.39, 0.29) is 5.91 Å². The fraction of sp³-hybridized carbons (Fsp3) is 0.208. The number of carbonyl (C=O) groups excluding carboxylic acids is 1. The lowest BCUT2D eigenvalue weighted by Gasteiger charge is -2.10. The second kappa shape index (κ2) is 11.0. The molecule has 0 saturated heterocycles. The van der Waals surface area contributed by atoms with E-state index in [0.29, 0.717) is 6.54 Å². The summed E-state index contributed by atoms with van der Waals surface area (Å²) in [5.74, 6) is 2.75. The van der Waals surface area contributed by atoms with Gasteiger partial charge in [0.05, 0.1) is 5.56 Å². The predicted molar refractivity (Wildman–Crippen MR) is 122 cm³/mol. The van der Waals surface area contributed by atoms with Gasteiger partial charge in [0.1, 0.15) is 0 Å². The Hall–Kier alpha value is -2.17. The average Bonchev–Trinajstić information content (AvgIpc) is 2.74. The molecule has 4 heteroatoms. The standard InChI is InChI=1S/C24H25NOS2/c1-19-9-5-6-12-21(19)18-27-16-15-25-24(26)22-13-7-8-14-23(22)28-17-20-10-3-2-4-11-20/h2-14H,15-18H2,1H3,(H,25,26). The number of amides is 1. The number of aryl methyl sites for hydroxylation is 1. The summed E-state index contributed by atoms with van der Waals surface area (Å²) in [5.41, 5.74) is 4.70. The van der Waals surface area contributed by atoms with Crippen LogP contribution >= 0.6 is 23.5 Å². The molecule has 2 nitrogen and oxygen atoms in total. The second-order valence-corrected chi connectivity index (χ2v) is 8.63. The minimum Gasteiger partial charge on any atom is -0.351 e. The van der Waals surface area contributed by atoms with Crippen molar-refractivity contribution in [1.82, 2.24) is 5.32 Å². The Morgan fingerprint density at radius 1 is 0.857 bits per heavy atom. The highest BCUT2D eigenvalue weighted by Crippen LogP contribution is 2.26. The van der Waals surface area contributed by atoms with Crippen LogP contribution in [-0.2, 0) is 11.5 Å². The van der Waals surface area contributed by atoms with Crippen molar-refractivity contribution < 1.29 is 4.79 Å². The van der Waals surface area contributed by atoms with Crippen molar-refractivity contribution >= 4 is 29.4 Å². The molecule has 1 N–H and O–H groups in total. The summed E-state index contributed by atoms with van der Waals surface area (Å²) in [4.78, 5) is 13.7. The van der Waals surface area contributed by atoms with Gasteiger partial charge in [0.2, 0.25) is 0 Å². The summed E-state index contributed by atoms with van der Waals surface area (Å²) in [6, 6.07) is 26.6. The van der Waals surface area contributed by atoms with Crippen LogP contribution in [-0.4, -0.2) is 18.2 Å². The molecule has 0 fully saturated rings. The van der Waals surface area contributed by atoms with Gasteiger partial charge >= 0.3 is 0 Å². The molecule has 0 unspecified atom stereocenters. The van der Waals surface area contributed by atoms with Crippen LogP contribution in [0.1, 0.15) is 27.0 Å². The van der Waals surface area contributed by atoms with E-state index in [1.807, 2.05) is 54.2 Å². The lowest BCUT2D eigenvalue weighted by Crippen LogP contribution is -2.26. The molecule has 0 aliphatic rings. The van der Waals surface area contributed by atoms with E-state index >= 15 is 0 Å². The molecular weight excluding hydrogens is 382 g/mol. The zero-order chi connectivity index (χ0) is 19.6. The molecule has 0 atom stereocenters. The van der Waals surface area contributed by atoms with Gasteiger partial charge in [-0.3, -0.25) is 4.79 Å². The monoisotopic (exact) mass is 407 g/mol. The SMILES string of the molecule is Cc1ccccc1CSCCNC(=O)c1ccccc1SCc1ccccc1. The maximum atomic E-state index is 12.6. The fourth-order valence-electron chi connectivity index (χ4n) is 2.80. The smallest absolute Gasteiger partial charge is 0.252 e. The number of rotatable bonds is 9. The quantitative estimate of drug-likeness (QED) is 0.351. The molecule has 144 valence electrons. The largest absolute Gasteiger partial charge is 0.351 e. The van der Waals surface area contributed by atoms with E-state index in [1.165, 1.54) is 16.7 Å². The van der Waals surface area contributed by atoms with Crippen LogP contribution in [0.2, 0.25) is 0 Å². The highest BCUT2D eigenvalue weighted by Gasteiger charge is 2.11. The summed E-state index contributed by atoms with van der Waals surface area (Å²) in [6.45, 7) is 2.81. The van der Waals surface area contributed by atoms with Crippen molar-refractivity contribution in [2.75, 3.05) is 12.3 Å². The van der Waals surface area contributed by atoms with Crippen LogP contribution in [0, 0.1) is 6.92 Å². The van der Waals surface area contributed by atoms with E-state index < -0.39 is 0 Å². The molecule has 0 saturated carbocycles.